The fourth-order valence-corrected chi connectivity index (χ4v) is 3.01. The van der Waals surface area contributed by atoms with Gasteiger partial charge in [-0.25, -0.2) is 0 Å². The molecule has 2 N–H and O–H groups in total. The lowest BCUT2D eigenvalue weighted by molar-refractivity contribution is -0.141. The van der Waals surface area contributed by atoms with Crippen LogP contribution in [0.15, 0.2) is 29.2 Å². The van der Waals surface area contributed by atoms with E-state index in [1.807, 2.05) is 35.4 Å². The van der Waals surface area contributed by atoms with E-state index in [9.17, 15) is 9.59 Å². The van der Waals surface area contributed by atoms with Gasteiger partial charge >= 0.3 is 5.97 Å². The summed E-state index contributed by atoms with van der Waals surface area (Å²) in [5.74, 6) is -1.06. The Hall–Kier alpha value is -1.53. The van der Waals surface area contributed by atoms with Crippen LogP contribution in [0.1, 0.15) is 12.8 Å². The maximum Gasteiger partial charge on any atom is 0.307 e. The maximum absolute atomic E-state index is 12.0. The molecule has 21 heavy (non-hydrogen) atoms. The van der Waals surface area contributed by atoms with Crippen LogP contribution in [0.3, 0.4) is 0 Å². The molecule has 1 heterocycles. The van der Waals surface area contributed by atoms with E-state index < -0.39 is 5.97 Å². The SMILES string of the molecule is CSc1ccccc1NC(=O)CCN1CCC(C(=O)O)C1. The molecule has 114 valence electrons. The largest absolute Gasteiger partial charge is 0.481 e. The summed E-state index contributed by atoms with van der Waals surface area (Å²) in [6.07, 6.45) is 3.03. The Morgan fingerprint density at radius 2 is 2.19 bits per heavy atom. The van der Waals surface area contributed by atoms with Gasteiger partial charge < -0.3 is 15.3 Å². The van der Waals surface area contributed by atoms with Gasteiger partial charge in [-0.2, -0.15) is 0 Å². The Balaban J connectivity index is 1.79. The molecule has 1 saturated heterocycles. The molecular formula is C15H20N2O3S. The molecule has 1 aliphatic rings. The summed E-state index contributed by atoms with van der Waals surface area (Å²) >= 11 is 1.59. The lowest BCUT2D eigenvalue weighted by atomic mass is 10.1. The second-order valence-electron chi connectivity index (χ2n) is 5.12. The van der Waals surface area contributed by atoms with E-state index in [0.29, 0.717) is 25.9 Å². The van der Waals surface area contributed by atoms with Crippen LogP contribution in [0.4, 0.5) is 5.69 Å². The maximum atomic E-state index is 12.0. The highest BCUT2D eigenvalue weighted by molar-refractivity contribution is 7.98. The molecule has 5 nitrogen and oxygen atoms in total. The van der Waals surface area contributed by atoms with E-state index in [0.717, 1.165) is 17.1 Å². The lowest BCUT2D eigenvalue weighted by Gasteiger charge is -2.15. The van der Waals surface area contributed by atoms with Gasteiger partial charge in [0.2, 0.25) is 5.91 Å². The fourth-order valence-electron chi connectivity index (χ4n) is 2.46. The molecule has 0 bridgehead atoms. The van der Waals surface area contributed by atoms with Gasteiger partial charge in [0.15, 0.2) is 0 Å². The minimum atomic E-state index is -0.740. The number of hydrogen-bond donors (Lipinski definition) is 2. The highest BCUT2D eigenvalue weighted by atomic mass is 32.2. The Labute approximate surface area is 128 Å². The molecule has 0 spiro atoms. The van der Waals surface area contributed by atoms with E-state index in [1.54, 1.807) is 11.8 Å². The molecule has 0 aliphatic carbocycles. The minimum Gasteiger partial charge on any atom is -0.481 e. The van der Waals surface area contributed by atoms with Gasteiger partial charge in [-0.15, -0.1) is 11.8 Å². The van der Waals surface area contributed by atoms with Crippen molar-refractivity contribution in [1.82, 2.24) is 4.90 Å². The predicted octanol–water partition coefficient (Wildman–Crippen LogP) is 2.14. The predicted molar refractivity (Wildman–Crippen MR) is 83.7 cm³/mol. The number of para-hydroxylation sites is 1. The second kappa shape index (κ2) is 7.47. The number of hydrogen-bond acceptors (Lipinski definition) is 4. The normalized spacial score (nSPS) is 18.6. The van der Waals surface area contributed by atoms with Crippen molar-refractivity contribution in [3.8, 4) is 0 Å². The molecular weight excluding hydrogens is 288 g/mol. The van der Waals surface area contributed by atoms with E-state index in [4.69, 9.17) is 5.11 Å². The number of thioether (sulfide) groups is 1. The van der Waals surface area contributed by atoms with Crippen LogP contribution in [0, 0.1) is 5.92 Å². The van der Waals surface area contributed by atoms with Crippen LogP contribution in [-0.4, -0.2) is 47.8 Å². The first-order chi connectivity index (χ1) is 10.1. The molecule has 1 amide bonds. The van der Waals surface area contributed by atoms with Crippen LogP contribution in [-0.2, 0) is 9.59 Å². The number of carbonyl (C=O) groups is 2. The molecule has 1 aromatic rings. The third-order valence-electron chi connectivity index (χ3n) is 3.66. The number of carboxylic acid groups (broad SMARTS) is 1. The Morgan fingerprint density at radius 1 is 1.43 bits per heavy atom. The monoisotopic (exact) mass is 308 g/mol. The molecule has 1 atom stereocenters. The summed E-state index contributed by atoms with van der Waals surface area (Å²) in [7, 11) is 0. The summed E-state index contributed by atoms with van der Waals surface area (Å²) in [4.78, 5) is 26.0. The van der Waals surface area contributed by atoms with Gasteiger partial charge in [0.05, 0.1) is 11.6 Å². The van der Waals surface area contributed by atoms with Crippen molar-refractivity contribution in [1.29, 1.82) is 0 Å². The summed E-state index contributed by atoms with van der Waals surface area (Å²) in [6, 6.07) is 7.70. The van der Waals surface area contributed by atoms with Crippen LogP contribution in [0.2, 0.25) is 0 Å². The average molecular weight is 308 g/mol. The molecule has 1 unspecified atom stereocenters. The van der Waals surface area contributed by atoms with Crippen molar-refractivity contribution in [3.05, 3.63) is 24.3 Å². The molecule has 1 aliphatic heterocycles. The Kier molecular flexibility index (Phi) is 5.64. The van der Waals surface area contributed by atoms with Gasteiger partial charge in [-0.1, -0.05) is 12.1 Å². The molecule has 2 rings (SSSR count). The Morgan fingerprint density at radius 3 is 2.86 bits per heavy atom. The summed E-state index contributed by atoms with van der Waals surface area (Å²) in [5.41, 5.74) is 0.833. The standard InChI is InChI=1S/C15H20N2O3S/c1-21-13-5-3-2-4-12(13)16-14(18)7-9-17-8-6-11(10-17)15(19)20/h2-5,11H,6-10H2,1H3,(H,16,18)(H,19,20). The summed E-state index contributed by atoms with van der Waals surface area (Å²) in [6.45, 7) is 1.91. The summed E-state index contributed by atoms with van der Waals surface area (Å²) in [5, 5.41) is 11.9. The zero-order valence-corrected chi connectivity index (χ0v) is 12.9. The van der Waals surface area contributed by atoms with Crippen molar-refractivity contribution in [3.63, 3.8) is 0 Å². The van der Waals surface area contributed by atoms with E-state index in [1.165, 1.54) is 0 Å². The van der Waals surface area contributed by atoms with Gasteiger partial charge in [-0.3, -0.25) is 9.59 Å². The van der Waals surface area contributed by atoms with Crippen LogP contribution < -0.4 is 5.32 Å². The zero-order chi connectivity index (χ0) is 15.2. The first-order valence-electron chi connectivity index (χ1n) is 6.98. The summed E-state index contributed by atoms with van der Waals surface area (Å²) < 4.78 is 0. The van der Waals surface area contributed by atoms with E-state index in [2.05, 4.69) is 5.32 Å². The van der Waals surface area contributed by atoms with Crippen LogP contribution in [0.25, 0.3) is 0 Å². The van der Waals surface area contributed by atoms with Crippen LogP contribution >= 0.6 is 11.8 Å². The number of anilines is 1. The highest BCUT2D eigenvalue weighted by Crippen LogP contribution is 2.24. The van der Waals surface area contributed by atoms with Crippen molar-refractivity contribution in [2.75, 3.05) is 31.2 Å². The topological polar surface area (TPSA) is 69.6 Å². The fraction of sp³-hybridized carbons (Fsp3) is 0.467. The number of carboxylic acids is 1. The highest BCUT2D eigenvalue weighted by Gasteiger charge is 2.27. The first kappa shape index (κ1) is 15.9. The smallest absolute Gasteiger partial charge is 0.307 e. The molecule has 6 heteroatoms. The van der Waals surface area contributed by atoms with Crippen molar-refractivity contribution in [2.24, 2.45) is 5.92 Å². The van der Waals surface area contributed by atoms with Gasteiger partial charge in [0, 0.05) is 24.4 Å². The number of aliphatic carboxylic acids is 1. The zero-order valence-electron chi connectivity index (χ0n) is 12.0. The number of nitrogens with zero attached hydrogens (tertiary/aromatic N) is 1. The van der Waals surface area contributed by atoms with Crippen LogP contribution in [0.5, 0.6) is 0 Å². The number of amides is 1. The van der Waals surface area contributed by atoms with Gasteiger partial charge in [-0.05, 0) is 31.4 Å². The molecule has 0 saturated carbocycles. The number of rotatable bonds is 6. The van der Waals surface area contributed by atoms with E-state index in [-0.39, 0.29) is 11.8 Å². The average Bonchev–Trinajstić information content (AvgIpc) is 2.95. The van der Waals surface area contributed by atoms with Crippen molar-refractivity contribution < 1.29 is 14.7 Å². The molecule has 0 radical (unpaired) electrons. The number of benzene rings is 1. The first-order valence-corrected chi connectivity index (χ1v) is 8.20. The quantitative estimate of drug-likeness (QED) is 0.788. The minimum absolute atomic E-state index is 0.0322. The second-order valence-corrected chi connectivity index (χ2v) is 5.97. The number of nitrogens with one attached hydrogen (secondary N) is 1. The van der Waals surface area contributed by atoms with E-state index >= 15 is 0 Å². The Bertz CT molecular complexity index is 521. The third-order valence-corrected chi connectivity index (χ3v) is 4.45. The van der Waals surface area contributed by atoms with Crippen molar-refractivity contribution >= 4 is 29.3 Å². The van der Waals surface area contributed by atoms with Crippen molar-refractivity contribution in [2.45, 2.75) is 17.7 Å². The lowest BCUT2D eigenvalue weighted by Crippen LogP contribution is -2.27. The molecule has 0 aromatic heterocycles. The number of likely N-dealkylation sites (tertiary alicyclic amines) is 1. The van der Waals surface area contributed by atoms with Gasteiger partial charge in [0.25, 0.3) is 0 Å². The number of carbonyl (C=O) groups excluding carboxylic acids is 1. The molecule has 1 aromatic carbocycles. The van der Waals surface area contributed by atoms with Gasteiger partial charge in [0.1, 0.15) is 0 Å². The third kappa shape index (κ3) is 4.47. The molecule has 1 fully saturated rings.